The average molecular weight is 248 g/mol. The van der Waals surface area contributed by atoms with Crippen molar-refractivity contribution < 1.29 is 0 Å². The molecule has 0 nitrogen and oxygen atoms in total. The van der Waals surface area contributed by atoms with Gasteiger partial charge in [-0.1, -0.05) is 58.1 Å². The van der Waals surface area contributed by atoms with Crippen molar-refractivity contribution in [3.63, 3.8) is 0 Å². The summed E-state index contributed by atoms with van der Waals surface area (Å²) in [4.78, 5) is 0. The molecule has 0 aromatic heterocycles. The summed E-state index contributed by atoms with van der Waals surface area (Å²) in [6, 6.07) is 0. The number of hydrogen-bond donors (Lipinski definition) is 0. The Balaban J connectivity index is 4.96. The van der Waals surface area contributed by atoms with Crippen LogP contribution < -0.4 is 0 Å². The zero-order chi connectivity index (χ0) is 14.1. The maximum Gasteiger partial charge on any atom is 0.0237 e. The molecule has 0 aliphatic heterocycles. The highest BCUT2D eigenvalue weighted by Crippen LogP contribution is 2.28. The van der Waals surface area contributed by atoms with Crippen LogP contribution in [0.5, 0.6) is 0 Å². The Kier molecular flexibility index (Phi) is 8.90. The van der Waals surface area contributed by atoms with Crippen molar-refractivity contribution in [1.82, 2.24) is 0 Å². The van der Waals surface area contributed by atoms with Crippen LogP contribution in [0.3, 0.4) is 0 Å². The molecule has 0 bridgehead atoms. The highest BCUT2D eigenvalue weighted by Gasteiger charge is 2.13. The van der Waals surface area contributed by atoms with Crippen LogP contribution in [-0.4, -0.2) is 0 Å². The molecule has 104 valence electrons. The Labute approximate surface area is 115 Å². The summed E-state index contributed by atoms with van der Waals surface area (Å²) < 4.78 is 0. The second kappa shape index (κ2) is 9.26. The van der Waals surface area contributed by atoms with Gasteiger partial charge in [-0.2, -0.15) is 0 Å². The third-order valence-corrected chi connectivity index (χ3v) is 4.05. The third kappa shape index (κ3) is 6.29. The summed E-state index contributed by atoms with van der Waals surface area (Å²) in [5.74, 6) is 8.45. The van der Waals surface area contributed by atoms with Crippen LogP contribution >= 0.6 is 0 Å². The molecule has 18 heavy (non-hydrogen) atoms. The van der Waals surface area contributed by atoms with E-state index in [9.17, 15) is 0 Å². The molecule has 2 atom stereocenters. The van der Waals surface area contributed by atoms with Gasteiger partial charge in [0.15, 0.2) is 0 Å². The van der Waals surface area contributed by atoms with Gasteiger partial charge in [0, 0.05) is 5.92 Å². The Morgan fingerprint density at radius 3 is 2.00 bits per heavy atom. The fourth-order valence-electron chi connectivity index (χ4n) is 2.18. The molecule has 0 radical (unpaired) electrons. The van der Waals surface area contributed by atoms with Gasteiger partial charge >= 0.3 is 0 Å². The lowest BCUT2D eigenvalue weighted by molar-refractivity contribution is 0.516. The molecule has 2 unspecified atom stereocenters. The van der Waals surface area contributed by atoms with Gasteiger partial charge in [0.1, 0.15) is 0 Å². The summed E-state index contributed by atoms with van der Waals surface area (Å²) in [5.41, 5.74) is 3.25. The number of allylic oxidation sites excluding steroid dienone is 2. The second-order valence-corrected chi connectivity index (χ2v) is 5.86. The molecule has 0 spiro atoms. The molecule has 0 amide bonds. The Bertz CT molecular complexity index is 309. The normalized spacial score (nSPS) is 15.8. The van der Waals surface area contributed by atoms with E-state index in [1.165, 1.54) is 19.3 Å². The lowest BCUT2D eigenvalue weighted by atomic mass is 9.85. The lowest BCUT2D eigenvalue weighted by Crippen LogP contribution is -2.06. The van der Waals surface area contributed by atoms with Crippen molar-refractivity contribution >= 4 is 0 Å². The highest BCUT2D eigenvalue weighted by atomic mass is 14.2. The van der Waals surface area contributed by atoms with E-state index in [2.05, 4.69) is 53.4 Å². The van der Waals surface area contributed by atoms with Gasteiger partial charge in [-0.15, -0.1) is 5.92 Å². The van der Waals surface area contributed by atoms with Crippen LogP contribution in [0.1, 0.15) is 74.1 Å². The first-order valence-corrected chi connectivity index (χ1v) is 7.56. The second-order valence-electron chi connectivity index (χ2n) is 5.86. The largest absolute Gasteiger partial charge is 0.106 e. The predicted octanol–water partition coefficient (Wildman–Crippen LogP) is 5.83. The number of rotatable bonds is 7. The standard InChI is InChI=1S/C18H32/c1-8-11-17(10-3)13-18(12-15(6)9-2)16(7)14(4)5/h14-15,17H,9-10,12-13H2,1-7H3. The van der Waals surface area contributed by atoms with Crippen LogP contribution in [0.2, 0.25) is 0 Å². The molecule has 0 saturated carbocycles. The summed E-state index contributed by atoms with van der Waals surface area (Å²) in [6.07, 6.45) is 4.86. The van der Waals surface area contributed by atoms with E-state index >= 15 is 0 Å². The molecular formula is C18H32. The van der Waals surface area contributed by atoms with Crippen molar-refractivity contribution in [3.05, 3.63) is 11.1 Å². The monoisotopic (exact) mass is 248 g/mol. The molecule has 0 aliphatic rings. The van der Waals surface area contributed by atoms with Crippen LogP contribution in [0, 0.1) is 29.6 Å². The van der Waals surface area contributed by atoms with Crippen molar-refractivity contribution in [2.24, 2.45) is 17.8 Å². The van der Waals surface area contributed by atoms with E-state index < -0.39 is 0 Å². The molecule has 0 aliphatic carbocycles. The molecule has 0 aromatic carbocycles. The topological polar surface area (TPSA) is 0 Å². The maximum atomic E-state index is 3.36. The minimum atomic E-state index is 0.544. The van der Waals surface area contributed by atoms with E-state index in [0.717, 1.165) is 12.3 Å². The van der Waals surface area contributed by atoms with Crippen LogP contribution in [0.15, 0.2) is 11.1 Å². The maximum absolute atomic E-state index is 3.36. The van der Waals surface area contributed by atoms with E-state index in [1.54, 1.807) is 11.1 Å². The Morgan fingerprint density at radius 2 is 1.61 bits per heavy atom. The predicted molar refractivity (Wildman–Crippen MR) is 83.5 cm³/mol. The van der Waals surface area contributed by atoms with Gasteiger partial charge in [-0.25, -0.2) is 0 Å². The van der Waals surface area contributed by atoms with Crippen LogP contribution in [0.4, 0.5) is 0 Å². The minimum Gasteiger partial charge on any atom is -0.106 e. The molecule has 0 heteroatoms. The SMILES string of the molecule is CC#CC(CC)CC(CC(C)CC)=C(C)C(C)C. The quantitative estimate of drug-likeness (QED) is 0.392. The van der Waals surface area contributed by atoms with Gasteiger partial charge in [0.25, 0.3) is 0 Å². The van der Waals surface area contributed by atoms with Crippen molar-refractivity contribution in [2.75, 3.05) is 0 Å². The van der Waals surface area contributed by atoms with Gasteiger partial charge < -0.3 is 0 Å². The van der Waals surface area contributed by atoms with E-state index in [-0.39, 0.29) is 0 Å². The lowest BCUT2D eigenvalue weighted by Gasteiger charge is -2.20. The summed E-state index contributed by atoms with van der Waals surface area (Å²) in [7, 11) is 0. The van der Waals surface area contributed by atoms with Crippen molar-refractivity contribution in [1.29, 1.82) is 0 Å². The molecule has 0 rings (SSSR count). The van der Waals surface area contributed by atoms with E-state index in [1.807, 2.05) is 6.92 Å². The first-order chi connectivity index (χ1) is 8.46. The van der Waals surface area contributed by atoms with Crippen LogP contribution in [-0.2, 0) is 0 Å². The molecular weight excluding hydrogens is 216 g/mol. The van der Waals surface area contributed by atoms with Gasteiger partial charge in [0.2, 0.25) is 0 Å². The smallest absolute Gasteiger partial charge is 0.0237 e. The van der Waals surface area contributed by atoms with Crippen molar-refractivity contribution in [2.45, 2.75) is 74.1 Å². The minimum absolute atomic E-state index is 0.544. The van der Waals surface area contributed by atoms with Gasteiger partial charge in [-0.3, -0.25) is 0 Å². The fraction of sp³-hybridized carbons (Fsp3) is 0.778. The van der Waals surface area contributed by atoms with Gasteiger partial charge in [0.05, 0.1) is 0 Å². The Morgan fingerprint density at radius 1 is 1.00 bits per heavy atom. The molecule has 0 saturated heterocycles. The number of hydrogen-bond acceptors (Lipinski definition) is 0. The molecule has 0 N–H and O–H groups in total. The molecule has 0 heterocycles. The first kappa shape index (κ1) is 17.3. The summed E-state index contributed by atoms with van der Waals surface area (Å²) in [6.45, 7) is 15.8. The van der Waals surface area contributed by atoms with Crippen molar-refractivity contribution in [3.8, 4) is 11.8 Å². The summed E-state index contributed by atoms with van der Waals surface area (Å²) >= 11 is 0. The fourth-order valence-corrected chi connectivity index (χ4v) is 2.18. The summed E-state index contributed by atoms with van der Waals surface area (Å²) in [5, 5.41) is 0. The van der Waals surface area contributed by atoms with E-state index in [0.29, 0.717) is 11.8 Å². The third-order valence-electron chi connectivity index (χ3n) is 4.05. The van der Waals surface area contributed by atoms with Crippen LogP contribution in [0.25, 0.3) is 0 Å². The van der Waals surface area contributed by atoms with E-state index in [4.69, 9.17) is 0 Å². The molecule has 0 aromatic rings. The first-order valence-electron chi connectivity index (χ1n) is 7.56. The molecule has 0 fully saturated rings. The average Bonchev–Trinajstić information content (AvgIpc) is 2.35. The highest BCUT2D eigenvalue weighted by molar-refractivity contribution is 5.18. The zero-order valence-electron chi connectivity index (χ0n) is 13.6. The Hall–Kier alpha value is -0.700. The zero-order valence-corrected chi connectivity index (χ0v) is 13.6. The van der Waals surface area contributed by atoms with Gasteiger partial charge in [-0.05, 0) is 44.9 Å².